The van der Waals surface area contributed by atoms with Crippen LogP contribution in [0.4, 0.5) is 0 Å². The minimum atomic E-state index is -2.83. The van der Waals surface area contributed by atoms with Gasteiger partial charge in [-0.15, -0.1) is 0 Å². The number of sulfone groups is 1. The van der Waals surface area contributed by atoms with Crippen molar-refractivity contribution in [3.05, 3.63) is 0 Å². The quantitative estimate of drug-likeness (QED) is 0.562. The molecular weight excluding hydrogens is 362 g/mol. The van der Waals surface area contributed by atoms with Crippen LogP contribution in [0, 0.1) is 5.92 Å². The molecule has 2 unspecified atom stereocenters. The average Bonchev–Trinajstić information content (AvgIpc) is 3.36. The van der Waals surface area contributed by atoms with Crippen LogP contribution in [0.1, 0.15) is 70.6 Å². The molecule has 6 nitrogen and oxygen atoms in total. The van der Waals surface area contributed by atoms with E-state index in [2.05, 4.69) is 10.6 Å². The summed E-state index contributed by atoms with van der Waals surface area (Å²) in [7, 11) is -2.83. The minimum absolute atomic E-state index is 0.0912. The summed E-state index contributed by atoms with van der Waals surface area (Å²) in [5.41, 5.74) is 0.0912. The molecule has 27 heavy (non-hydrogen) atoms. The van der Waals surface area contributed by atoms with Gasteiger partial charge in [-0.3, -0.25) is 4.99 Å². The van der Waals surface area contributed by atoms with E-state index >= 15 is 0 Å². The molecule has 2 saturated heterocycles. The van der Waals surface area contributed by atoms with Crippen molar-refractivity contribution in [2.75, 3.05) is 24.7 Å². The zero-order valence-corrected chi connectivity index (χ0v) is 17.2. The molecule has 4 rings (SSSR count). The highest BCUT2D eigenvalue weighted by Gasteiger charge is 2.40. The van der Waals surface area contributed by atoms with E-state index < -0.39 is 9.84 Å². The van der Waals surface area contributed by atoms with Crippen molar-refractivity contribution in [1.29, 1.82) is 0 Å². The molecule has 4 fully saturated rings. The van der Waals surface area contributed by atoms with Crippen molar-refractivity contribution in [3.8, 4) is 0 Å². The van der Waals surface area contributed by atoms with E-state index in [1.54, 1.807) is 0 Å². The van der Waals surface area contributed by atoms with E-state index in [1.165, 1.54) is 51.4 Å². The van der Waals surface area contributed by atoms with Crippen LogP contribution in [0.3, 0.4) is 0 Å². The first-order valence-electron chi connectivity index (χ1n) is 10.9. The fourth-order valence-electron chi connectivity index (χ4n) is 5.34. The third-order valence-corrected chi connectivity index (χ3v) is 8.72. The number of rotatable bonds is 4. The highest BCUT2D eigenvalue weighted by atomic mass is 32.2. The Morgan fingerprint density at radius 3 is 2.44 bits per heavy atom. The summed E-state index contributed by atoms with van der Waals surface area (Å²) in [6.45, 7) is 1.44. The van der Waals surface area contributed by atoms with Crippen LogP contribution in [-0.2, 0) is 14.6 Å². The van der Waals surface area contributed by atoms with Crippen molar-refractivity contribution in [2.45, 2.75) is 88.3 Å². The van der Waals surface area contributed by atoms with Crippen LogP contribution in [0.2, 0.25) is 0 Å². The van der Waals surface area contributed by atoms with E-state index in [0.29, 0.717) is 30.1 Å². The number of nitrogens with zero attached hydrogens (tertiary/aromatic N) is 1. The van der Waals surface area contributed by atoms with Crippen molar-refractivity contribution < 1.29 is 13.2 Å². The van der Waals surface area contributed by atoms with Gasteiger partial charge in [-0.05, 0) is 50.9 Å². The average molecular weight is 398 g/mol. The Labute approximate surface area is 163 Å². The Bertz CT molecular complexity index is 637. The maximum atomic E-state index is 11.7. The van der Waals surface area contributed by atoms with E-state index in [9.17, 15) is 8.42 Å². The molecule has 2 aliphatic heterocycles. The van der Waals surface area contributed by atoms with Crippen LogP contribution in [-0.4, -0.2) is 56.7 Å². The summed E-state index contributed by atoms with van der Waals surface area (Å²) in [5, 5.41) is 7.32. The number of guanidine groups is 1. The lowest BCUT2D eigenvalue weighted by atomic mass is 9.89. The van der Waals surface area contributed by atoms with Crippen molar-refractivity contribution >= 4 is 15.8 Å². The number of hydrogen-bond acceptors (Lipinski definition) is 4. The normalized spacial score (nSPS) is 33.6. The largest absolute Gasteiger partial charge is 0.375 e. The summed E-state index contributed by atoms with van der Waals surface area (Å²) in [6.07, 6.45) is 12.8. The summed E-state index contributed by atoms with van der Waals surface area (Å²) in [6, 6.07) is 0.903. The molecule has 4 aliphatic rings. The molecule has 2 aliphatic carbocycles. The van der Waals surface area contributed by atoms with Crippen LogP contribution in [0.15, 0.2) is 4.99 Å². The summed E-state index contributed by atoms with van der Waals surface area (Å²) < 4.78 is 29.6. The summed E-state index contributed by atoms with van der Waals surface area (Å²) in [4.78, 5) is 4.83. The van der Waals surface area contributed by atoms with Crippen LogP contribution >= 0.6 is 0 Å². The maximum absolute atomic E-state index is 11.7. The lowest BCUT2D eigenvalue weighted by Crippen LogP contribution is -2.52. The van der Waals surface area contributed by atoms with Gasteiger partial charge in [0.05, 0.1) is 17.1 Å². The number of ether oxygens (including phenoxy) is 1. The van der Waals surface area contributed by atoms with Gasteiger partial charge < -0.3 is 15.4 Å². The monoisotopic (exact) mass is 397 g/mol. The van der Waals surface area contributed by atoms with Gasteiger partial charge in [-0.1, -0.05) is 25.7 Å². The van der Waals surface area contributed by atoms with Crippen LogP contribution < -0.4 is 10.6 Å². The topological polar surface area (TPSA) is 79.8 Å². The molecule has 2 saturated carbocycles. The molecule has 0 radical (unpaired) electrons. The third-order valence-electron chi connectivity index (χ3n) is 6.88. The Hall–Kier alpha value is -0.820. The molecule has 0 aromatic rings. The van der Waals surface area contributed by atoms with Gasteiger partial charge in [0.15, 0.2) is 15.8 Å². The highest BCUT2D eigenvalue weighted by molar-refractivity contribution is 7.91. The van der Waals surface area contributed by atoms with Crippen molar-refractivity contribution in [3.63, 3.8) is 0 Å². The molecule has 2 heterocycles. The van der Waals surface area contributed by atoms with Crippen LogP contribution in [0.25, 0.3) is 0 Å². The number of hydrogen-bond donors (Lipinski definition) is 2. The fraction of sp³-hybridized carbons (Fsp3) is 0.950. The molecule has 2 atom stereocenters. The lowest BCUT2D eigenvalue weighted by Gasteiger charge is -2.39. The smallest absolute Gasteiger partial charge is 0.191 e. The number of nitrogens with one attached hydrogen (secondary N) is 2. The Kier molecular flexibility index (Phi) is 5.97. The van der Waals surface area contributed by atoms with Gasteiger partial charge in [0.25, 0.3) is 0 Å². The molecule has 7 heteroatoms. The maximum Gasteiger partial charge on any atom is 0.191 e. The van der Waals surface area contributed by atoms with E-state index in [4.69, 9.17) is 9.73 Å². The molecule has 154 valence electrons. The zero-order chi connectivity index (χ0) is 18.7. The highest BCUT2D eigenvalue weighted by Crippen LogP contribution is 2.40. The molecule has 0 aromatic heterocycles. The first-order valence-corrected chi connectivity index (χ1v) is 12.8. The van der Waals surface area contributed by atoms with Crippen LogP contribution in [0.5, 0.6) is 0 Å². The van der Waals surface area contributed by atoms with Crippen molar-refractivity contribution in [2.24, 2.45) is 10.9 Å². The molecule has 0 aromatic carbocycles. The molecule has 2 N–H and O–H groups in total. The van der Waals surface area contributed by atoms with Gasteiger partial charge in [0.1, 0.15) is 0 Å². The summed E-state index contributed by atoms with van der Waals surface area (Å²) in [5.74, 6) is 1.70. The van der Waals surface area contributed by atoms with E-state index in [0.717, 1.165) is 31.8 Å². The molecule has 1 spiro atoms. The van der Waals surface area contributed by atoms with E-state index in [1.807, 2.05) is 0 Å². The zero-order valence-electron chi connectivity index (χ0n) is 16.4. The lowest BCUT2D eigenvalue weighted by molar-refractivity contribution is -0.0815. The second-order valence-corrected chi connectivity index (χ2v) is 11.4. The minimum Gasteiger partial charge on any atom is -0.375 e. The predicted octanol–water partition coefficient (Wildman–Crippen LogP) is 2.39. The second kappa shape index (κ2) is 8.27. The standard InChI is InChI=1S/C20H35N3O3S/c24-27(25)12-8-16(15-27)14-21-19(22-17-5-1-2-6-17)23-18-7-11-26-20(13-18)9-3-4-10-20/h16-18H,1-15H2,(H2,21,22,23). The first-order chi connectivity index (χ1) is 13.0. The summed E-state index contributed by atoms with van der Waals surface area (Å²) >= 11 is 0. The third kappa shape index (κ3) is 5.17. The fourth-order valence-corrected chi connectivity index (χ4v) is 7.19. The Balaban J connectivity index is 1.38. The number of aliphatic imine (C=N–C) groups is 1. The van der Waals surface area contributed by atoms with Gasteiger partial charge >= 0.3 is 0 Å². The first kappa shape index (κ1) is 19.5. The molecular formula is C20H35N3O3S. The van der Waals surface area contributed by atoms with Crippen molar-refractivity contribution in [1.82, 2.24) is 10.6 Å². The molecule has 0 bridgehead atoms. The van der Waals surface area contributed by atoms with Gasteiger partial charge in [-0.25, -0.2) is 8.42 Å². The predicted molar refractivity (Wildman–Crippen MR) is 108 cm³/mol. The van der Waals surface area contributed by atoms with Gasteiger partial charge in [0.2, 0.25) is 0 Å². The second-order valence-electron chi connectivity index (χ2n) is 9.16. The Morgan fingerprint density at radius 2 is 1.74 bits per heavy atom. The Morgan fingerprint density at radius 1 is 1.00 bits per heavy atom. The SMILES string of the molecule is O=S1(=O)CCC(CN=C(NC2CCCC2)NC2CCOC3(CCCC3)C2)C1. The van der Waals surface area contributed by atoms with Gasteiger partial charge in [0, 0.05) is 25.2 Å². The van der Waals surface area contributed by atoms with Gasteiger partial charge in [-0.2, -0.15) is 0 Å². The van der Waals surface area contributed by atoms with E-state index in [-0.39, 0.29) is 11.5 Å². The molecule has 0 amide bonds.